The van der Waals surface area contributed by atoms with E-state index in [1.54, 1.807) is 0 Å². The van der Waals surface area contributed by atoms with Gasteiger partial charge < -0.3 is 10.1 Å². The Morgan fingerprint density at radius 2 is 2.20 bits per heavy atom. The molecular formula is C13H19NO. The van der Waals surface area contributed by atoms with Gasteiger partial charge in [0.05, 0.1) is 6.61 Å². The Morgan fingerprint density at radius 3 is 2.80 bits per heavy atom. The summed E-state index contributed by atoms with van der Waals surface area (Å²) in [4.78, 5) is 0. The minimum absolute atomic E-state index is 0.457. The minimum atomic E-state index is 0.457. The molecule has 2 rings (SSSR count). The van der Waals surface area contributed by atoms with Crippen molar-refractivity contribution in [3.05, 3.63) is 35.9 Å². The van der Waals surface area contributed by atoms with Crippen LogP contribution in [0.3, 0.4) is 0 Å². The number of hydrogen-bond donors (Lipinski definition) is 1. The molecule has 0 unspecified atom stereocenters. The van der Waals surface area contributed by atoms with Gasteiger partial charge in [0.1, 0.15) is 0 Å². The summed E-state index contributed by atoms with van der Waals surface area (Å²) in [6.45, 7) is 4.98. The van der Waals surface area contributed by atoms with Crippen molar-refractivity contribution in [3.63, 3.8) is 0 Å². The highest BCUT2D eigenvalue weighted by Gasteiger charge is 2.25. The average Bonchev–Trinajstić information content (AvgIpc) is 2.80. The van der Waals surface area contributed by atoms with Crippen LogP contribution in [0.2, 0.25) is 0 Å². The first-order valence-electron chi connectivity index (χ1n) is 5.78. The third-order valence-corrected chi connectivity index (χ3v) is 3.02. The summed E-state index contributed by atoms with van der Waals surface area (Å²) < 4.78 is 5.47. The van der Waals surface area contributed by atoms with Crippen LogP contribution in [-0.2, 0) is 4.74 Å². The van der Waals surface area contributed by atoms with Crippen LogP contribution >= 0.6 is 0 Å². The van der Waals surface area contributed by atoms with Gasteiger partial charge in [0.2, 0.25) is 0 Å². The summed E-state index contributed by atoms with van der Waals surface area (Å²) in [5.41, 5.74) is 1.38. The Hall–Kier alpha value is -0.860. The average molecular weight is 205 g/mol. The van der Waals surface area contributed by atoms with Crippen molar-refractivity contribution >= 4 is 0 Å². The van der Waals surface area contributed by atoms with Crippen molar-refractivity contribution in [2.75, 3.05) is 19.8 Å². The van der Waals surface area contributed by atoms with Crippen LogP contribution in [0.25, 0.3) is 0 Å². The molecule has 0 amide bonds. The summed E-state index contributed by atoms with van der Waals surface area (Å²) in [6.07, 6.45) is 1.17. The van der Waals surface area contributed by atoms with Crippen LogP contribution in [0.4, 0.5) is 0 Å². The molecule has 82 valence electrons. The third-order valence-electron chi connectivity index (χ3n) is 3.02. The Bertz CT molecular complexity index is 280. The molecule has 1 fully saturated rings. The van der Waals surface area contributed by atoms with E-state index in [0.717, 1.165) is 19.8 Å². The van der Waals surface area contributed by atoms with Gasteiger partial charge in [-0.3, -0.25) is 0 Å². The van der Waals surface area contributed by atoms with E-state index in [1.165, 1.54) is 12.0 Å². The van der Waals surface area contributed by atoms with Crippen LogP contribution in [0.15, 0.2) is 30.3 Å². The molecule has 1 aliphatic heterocycles. The lowest BCUT2D eigenvalue weighted by atomic mass is 9.92. The van der Waals surface area contributed by atoms with Gasteiger partial charge in [-0.2, -0.15) is 0 Å². The Kier molecular flexibility index (Phi) is 3.75. The van der Waals surface area contributed by atoms with Crippen LogP contribution in [-0.4, -0.2) is 19.8 Å². The molecule has 1 heterocycles. The van der Waals surface area contributed by atoms with Crippen molar-refractivity contribution in [1.29, 1.82) is 0 Å². The molecule has 1 aromatic rings. The smallest absolute Gasteiger partial charge is 0.0513 e. The summed E-state index contributed by atoms with van der Waals surface area (Å²) in [5, 5.41) is 3.56. The summed E-state index contributed by atoms with van der Waals surface area (Å²) in [6, 6.07) is 11.1. The quantitative estimate of drug-likeness (QED) is 0.815. The first kappa shape index (κ1) is 10.7. The highest BCUT2D eigenvalue weighted by Crippen LogP contribution is 2.28. The van der Waals surface area contributed by atoms with E-state index >= 15 is 0 Å². The van der Waals surface area contributed by atoms with E-state index in [-0.39, 0.29) is 0 Å². The summed E-state index contributed by atoms with van der Waals surface area (Å²) >= 11 is 0. The van der Waals surface area contributed by atoms with Gasteiger partial charge in [-0.15, -0.1) is 0 Å². The van der Waals surface area contributed by atoms with E-state index in [9.17, 15) is 0 Å². The van der Waals surface area contributed by atoms with E-state index in [2.05, 4.69) is 42.6 Å². The number of rotatable bonds is 4. The third kappa shape index (κ3) is 2.58. The molecule has 0 bridgehead atoms. The monoisotopic (exact) mass is 205 g/mol. The second-order valence-electron chi connectivity index (χ2n) is 4.07. The largest absolute Gasteiger partial charge is 0.381 e. The zero-order valence-electron chi connectivity index (χ0n) is 9.28. The number of ether oxygens (including phenoxy) is 1. The summed E-state index contributed by atoms with van der Waals surface area (Å²) in [7, 11) is 0. The lowest BCUT2D eigenvalue weighted by molar-refractivity contribution is 0.177. The zero-order valence-corrected chi connectivity index (χ0v) is 9.28. The van der Waals surface area contributed by atoms with Crippen LogP contribution < -0.4 is 5.32 Å². The SMILES string of the molecule is CCN[C@@H](c1ccccc1)[C@H]1CCOC1. The number of hydrogen-bond acceptors (Lipinski definition) is 2. The molecule has 1 aromatic carbocycles. The molecule has 0 saturated carbocycles. The Labute approximate surface area is 91.6 Å². The first-order valence-corrected chi connectivity index (χ1v) is 5.78. The molecule has 0 aromatic heterocycles. The first-order chi connectivity index (χ1) is 7.42. The maximum absolute atomic E-state index is 5.47. The van der Waals surface area contributed by atoms with E-state index in [0.29, 0.717) is 12.0 Å². The van der Waals surface area contributed by atoms with Crippen molar-refractivity contribution in [2.24, 2.45) is 5.92 Å². The highest BCUT2D eigenvalue weighted by atomic mass is 16.5. The maximum Gasteiger partial charge on any atom is 0.0513 e. The standard InChI is InChI=1S/C13H19NO/c1-2-14-13(12-8-9-15-10-12)11-6-4-3-5-7-11/h3-7,12-14H,2,8-10H2,1H3/t12-,13-/m0/s1. The molecule has 15 heavy (non-hydrogen) atoms. The van der Waals surface area contributed by atoms with E-state index < -0.39 is 0 Å². The van der Waals surface area contributed by atoms with Gasteiger partial charge in [-0.25, -0.2) is 0 Å². The molecule has 0 aliphatic carbocycles. The Balaban J connectivity index is 2.11. The predicted octanol–water partition coefficient (Wildman–Crippen LogP) is 2.37. The van der Waals surface area contributed by atoms with Gasteiger partial charge in [0.25, 0.3) is 0 Å². The van der Waals surface area contributed by atoms with Gasteiger partial charge in [0, 0.05) is 18.6 Å². The van der Waals surface area contributed by atoms with Gasteiger partial charge in [0.15, 0.2) is 0 Å². The topological polar surface area (TPSA) is 21.3 Å². The van der Waals surface area contributed by atoms with Crippen molar-refractivity contribution in [1.82, 2.24) is 5.32 Å². The summed E-state index contributed by atoms with van der Waals surface area (Å²) in [5.74, 6) is 0.632. The van der Waals surface area contributed by atoms with Crippen LogP contribution in [0.5, 0.6) is 0 Å². The van der Waals surface area contributed by atoms with Crippen LogP contribution in [0.1, 0.15) is 24.9 Å². The fraction of sp³-hybridized carbons (Fsp3) is 0.538. The molecule has 0 radical (unpaired) electrons. The van der Waals surface area contributed by atoms with E-state index in [1.807, 2.05) is 0 Å². The number of nitrogens with one attached hydrogen (secondary N) is 1. The zero-order chi connectivity index (χ0) is 10.5. The highest BCUT2D eigenvalue weighted by molar-refractivity contribution is 5.20. The fourth-order valence-electron chi connectivity index (χ4n) is 2.25. The van der Waals surface area contributed by atoms with E-state index in [4.69, 9.17) is 4.74 Å². The Morgan fingerprint density at radius 1 is 1.40 bits per heavy atom. The molecule has 1 N–H and O–H groups in total. The van der Waals surface area contributed by atoms with Crippen LogP contribution in [0, 0.1) is 5.92 Å². The molecule has 0 spiro atoms. The van der Waals surface area contributed by atoms with Gasteiger partial charge >= 0.3 is 0 Å². The maximum atomic E-state index is 5.47. The minimum Gasteiger partial charge on any atom is -0.381 e. The predicted molar refractivity (Wildman–Crippen MR) is 61.8 cm³/mol. The lowest BCUT2D eigenvalue weighted by Crippen LogP contribution is -2.28. The molecular weight excluding hydrogens is 186 g/mol. The molecule has 2 nitrogen and oxygen atoms in total. The van der Waals surface area contributed by atoms with Gasteiger partial charge in [-0.05, 0) is 18.5 Å². The fourth-order valence-corrected chi connectivity index (χ4v) is 2.25. The molecule has 1 aliphatic rings. The lowest BCUT2D eigenvalue weighted by Gasteiger charge is -2.23. The van der Waals surface area contributed by atoms with Crippen molar-refractivity contribution in [3.8, 4) is 0 Å². The second kappa shape index (κ2) is 5.29. The molecule has 2 atom stereocenters. The molecule has 2 heteroatoms. The number of benzene rings is 1. The van der Waals surface area contributed by atoms with Gasteiger partial charge in [-0.1, -0.05) is 37.3 Å². The molecule has 1 saturated heterocycles. The normalized spacial score (nSPS) is 22.9. The van der Waals surface area contributed by atoms with Crippen molar-refractivity contribution < 1.29 is 4.74 Å². The van der Waals surface area contributed by atoms with Crippen molar-refractivity contribution in [2.45, 2.75) is 19.4 Å². The second-order valence-corrected chi connectivity index (χ2v) is 4.07.